The molecule has 0 bridgehead atoms. The van der Waals surface area contributed by atoms with Crippen LogP contribution in [0.15, 0.2) is 10.8 Å². The van der Waals surface area contributed by atoms with Gasteiger partial charge in [0.1, 0.15) is 0 Å². The molecule has 0 saturated heterocycles. The highest BCUT2D eigenvalue weighted by Gasteiger charge is 2.12. The van der Waals surface area contributed by atoms with E-state index < -0.39 is 0 Å². The molecule has 0 aliphatic carbocycles. The lowest BCUT2D eigenvalue weighted by Crippen LogP contribution is -2.16. The van der Waals surface area contributed by atoms with E-state index in [4.69, 9.17) is 5.73 Å². The molecule has 0 spiro atoms. The van der Waals surface area contributed by atoms with Crippen LogP contribution in [-0.4, -0.2) is 0 Å². The number of hydrogen-bond acceptors (Lipinski definition) is 2. The van der Waals surface area contributed by atoms with Gasteiger partial charge in [-0.25, -0.2) is 0 Å². The fourth-order valence-electron chi connectivity index (χ4n) is 1.07. The summed E-state index contributed by atoms with van der Waals surface area (Å²) in [5.41, 5.74) is 8.63. The molecule has 0 fully saturated rings. The average molecular weight is 169 g/mol. The van der Waals surface area contributed by atoms with Gasteiger partial charge in [0.05, 0.1) is 0 Å². The molecule has 1 atom stereocenters. The van der Waals surface area contributed by atoms with E-state index in [1.807, 2.05) is 0 Å². The normalized spacial score (nSPS) is 13.9. The Morgan fingerprint density at radius 1 is 1.36 bits per heavy atom. The van der Waals surface area contributed by atoms with Crippen LogP contribution in [0, 0.1) is 12.8 Å². The molecule has 1 heterocycles. The Morgan fingerprint density at radius 2 is 2.00 bits per heavy atom. The summed E-state index contributed by atoms with van der Waals surface area (Å²) in [5.74, 6) is 0.531. The first-order chi connectivity index (χ1) is 5.13. The molecule has 0 aromatic carbocycles. The maximum absolute atomic E-state index is 5.99. The number of aryl methyl sites for hydroxylation is 1. The largest absolute Gasteiger partial charge is 0.324 e. The lowest BCUT2D eigenvalue weighted by atomic mass is 9.97. The SMILES string of the molecule is Cc1cscc1C(N)C(C)C. The van der Waals surface area contributed by atoms with Crippen molar-refractivity contribution >= 4 is 11.3 Å². The van der Waals surface area contributed by atoms with E-state index in [0.29, 0.717) is 5.92 Å². The molecule has 1 nitrogen and oxygen atoms in total. The number of hydrogen-bond donors (Lipinski definition) is 1. The zero-order valence-electron chi connectivity index (χ0n) is 7.29. The van der Waals surface area contributed by atoms with Crippen LogP contribution in [0.25, 0.3) is 0 Å². The summed E-state index contributed by atoms with van der Waals surface area (Å²) in [6.07, 6.45) is 0. The summed E-state index contributed by atoms with van der Waals surface area (Å²) >= 11 is 1.73. The minimum absolute atomic E-state index is 0.209. The van der Waals surface area contributed by atoms with Crippen molar-refractivity contribution in [1.29, 1.82) is 0 Å². The van der Waals surface area contributed by atoms with Crippen LogP contribution < -0.4 is 5.73 Å². The van der Waals surface area contributed by atoms with Gasteiger partial charge in [0.2, 0.25) is 0 Å². The zero-order valence-corrected chi connectivity index (χ0v) is 8.11. The summed E-state index contributed by atoms with van der Waals surface area (Å²) in [7, 11) is 0. The van der Waals surface area contributed by atoms with Gasteiger partial charge >= 0.3 is 0 Å². The number of rotatable bonds is 2. The van der Waals surface area contributed by atoms with E-state index in [1.54, 1.807) is 11.3 Å². The zero-order chi connectivity index (χ0) is 8.43. The van der Waals surface area contributed by atoms with Crippen LogP contribution in [0.5, 0.6) is 0 Å². The van der Waals surface area contributed by atoms with Gasteiger partial charge in [-0.05, 0) is 34.7 Å². The van der Waals surface area contributed by atoms with Gasteiger partial charge in [0.15, 0.2) is 0 Å². The van der Waals surface area contributed by atoms with Gasteiger partial charge in [0, 0.05) is 6.04 Å². The summed E-state index contributed by atoms with van der Waals surface area (Å²) in [6, 6.07) is 0.209. The summed E-state index contributed by atoms with van der Waals surface area (Å²) in [5, 5.41) is 4.30. The Morgan fingerprint density at radius 3 is 2.36 bits per heavy atom. The highest BCUT2D eigenvalue weighted by atomic mass is 32.1. The quantitative estimate of drug-likeness (QED) is 0.723. The van der Waals surface area contributed by atoms with E-state index in [2.05, 4.69) is 31.5 Å². The van der Waals surface area contributed by atoms with E-state index in [9.17, 15) is 0 Å². The summed E-state index contributed by atoms with van der Waals surface area (Å²) in [4.78, 5) is 0. The Labute approximate surface area is 72.2 Å². The monoisotopic (exact) mass is 169 g/mol. The average Bonchev–Trinajstić information content (AvgIpc) is 2.33. The first-order valence-electron chi connectivity index (χ1n) is 3.91. The number of thiophene rings is 1. The van der Waals surface area contributed by atoms with E-state index in [-0.39, 0.29) is 6.04 Å². The van der Waals surface area contributed by atoms with Crippen molar-refractivity contribution < 1.29 is 0 Å². The van der Waals surface area contributed by atoms with Crippen molar-refractivity contribution in [3.63, 3.8) is 0 Å². The second kappa shape index (κ2) is 3.37. The standard InChI is InChI=1S/C9H15NS/c1-6(2)9(10)8-5-11-4-7(8)3/h4-6,9H,10H2,1-3H3. The summed E-state index contributed by atoms with van der Waals surface area (Å²) in [6.45, 7) is 6.43. The Hall–Kier alpha value is -0.340. The predicted octanol–water partition coefficient (Wildman–Crippen LogP) is 2.71. The highest BCUT2D eigenvalue weighted by molar-refractivity contribution is 7.08. The van der Waals surface area contributed by atoms with Gasteiger partial charge in [-0.2, -0.15) is 11.3 Å². The topological polar surface area (TPSA) is 26.0 Å². The van der Waals surface area contributed by atoms with Gasteiger partial charge in [-0.1, -0.05) is 13.8 Å². The number of nitrogens with two attached hydrogens (primary N) is 1. The molecule has 1 unspecified atom stereocenters. The smallest absolute Gasteiger partial charge is 0.0329 e. The Balaban J connectivity index is 2.84. The van der Waals surface area contributed by atoms with E-state index in [1.165, 1.54) is 11.1 Å². The minimum Gasteiger partial charge on any atom is -0.324 e. The molecule has 1 rings (SSSR count). The second-order valence-electron chi connectivity index (χ2n) is 3.28. The molecule has 2 N–H and O–H groups in total. The third kappa shape index (κ3) is 1.82. The van der Waals surface area contributed by atoms with Crippen LogP contribution in [0.2, 0.25) is 0 Å². The van der Waals surface area contributed by atoms with Gasteiger partial charge in [-0.15, -0.1) is 0 Å². The molecule has 0 saturated carbocycles. The van der Waals surface area contributed by atoms with E-state index in [0.717, 1.165) is 0 Å². The second-order valence-corrected chi connectivity index (χ2v) is 4.02. The lowest BCUT2D eigenvalue weighted by Gasteiger charge is -2.14. The van der Waals surface area contributed by atoms with Crippen molar-refractivity contribution in [2.45, 2.75) is 26.8 Å². The molecule has 1 aromatic rings. The first-order valence-corrected chi connectivity index (χ1v) is 4.85. The molecule has 1 aromatic heterocycles. The van der Waals surface area contributed by atoms with Crippen LogP contribution in [0.3, 0.4) is 0 Å². The Bertz CT molecular complexity index is 227. The molecular weight excluding hydrogens is 154 g/mol. The van der Waals surface area contributed by atoms with Crippen LogP contribution >= 0.6 is 11.3 Å². The minimum atomic E-state index is 0.209. The lowest BCUT2D eigenvalue weighted by molar-refractivity contribution is 0.513. The fourth-order valence-corrected chi connectivity index (χ4v) is 1.97. The van der Waals surface area contributed by atoms with Crippen LogP contribution in [0.1, 0.15) is 31.0 Å². The molecule has 0 aliphatic rings. The van der Waals surface area contributed by atoms with Gasteiger partial charge in [0.25, 0.3) is 0 Å². The van der Waals surface area contributed by atoms with Crippen molar-refractivity contribution in [2.75, 3.05) is 0 Å². The van der Waals surface area contributed by atoms with Crippen molar-refractivity contribution in [3.05, 3.63) is 21.9 Å². The van der Waals surface area contributed by atoms with E-state index >= 15 is 0 Å². The molecule has 11 heavy (non-hydrogen) atoms. The van der Waals surface area contributed by atoms with Crippen molar-refractivity contribution in [3.8, 4) is 0 Å². The van der Waals surface area contributed by atoms with Gasteiger partial charge in [-0.3, -0.25) is 0 Å². The first kappa shape index (κ1) is 8.75. The molecule has 0 amide bonds. The molecule has 62 valence electrons. The van der Waals surface area contributed by atoms with Crippen molar-refractivity contribution in [2.24, 2.45) is 11.7 Å². The summed E-state index contributed by atoms with van der Waals surface area (Å²) < 4.78 is 0. The maximum Gasteiger partial charge on any atom is 0.0329 e. The maximum atomic E-state index is 5.99. The highest BCUT2D eigenvalue weighted by Crippen LogP contribution is 2.24. The third-order valence-electron chi connectivity index (χ3n) is 1.97. The van der Waals surface area contributed by atoms with Crippen molar-refractivity contribution in [1.82, 2.24) is 0 Å². The molecule has 0 aliphatic heterocycles. The predicted molar refractivity (Wildman–Crippen MR) is 50.8 cm³/mol. The fraction of sp³-hybridized carbons (Fsp3) is 0.556. The van der Waals surface area contributed by atoms with Crippen LogP contribution in [0.4, 0.5) is 0 Å². The molecule has 2 heteroatoms. The molecular formula is C9H15NS. The Kier molecular flexibility index (Phi) is 2.68. The van der Waals surface area contributed by atoms with Crippen LogP contribution in [-0.2, 0) is 0 Å². The molecule has 0 radical (unpaired) electrons. The third-order valence-corrected chi connectivity index (χ3v) is 2.85. The van der Waals surface area contributed by atoms with Gasteiger partial charge < -0.3 is 5.73 Å².